The summed E-state index contributed by atoms with van der Waals surface area (Å²) >= 11 is 1.55. The Morgan fingerprint density at radius 3 is 2.63 bits per heavy atom. The Kier molecular flexibility index (Phi) is 5.57. The molecule has 7 heteroatoms. The minimum Gasteiger partial charge on any atom is -0.355 e. The third-order valence-electron chi connectivity index (χ3n) is 5.60. The number of carbonyl (C=O) groups excluding carboxylic acids is 2. The highest BCUT2D eigenvalue weighted by Crippen LogP contribution is 2.27. The first-order chi connectivity index (χ1) is 13.2. The van der Waals surface area contributed by atoms with Crippen molar-refractivity contribution in [3.63, 3.8) is 0 Å². The van der Waals surface area contributed by atoms with Gasteiger partial charge in [0.25, 0.3) is 5.91 Å². The number of thiophene rings is 1. The molecule has 1 aliphatic carbocycles. The zero-order valence-electron chi connectivity index (χ0n) is 15.4. The summed E-state index contributed by atoms with van der Waals surface area (Å²) in [6.45, 7) is 1.44. The fraction of sp³-hybridized carbons (Fsp3) is 0.550. The number of amides is 2. The zero-order valence-corrected chi connectivity index (χ0v) is 16.2. The Bertz CT molecular complexity index is 772. The number of nitrogens with zero attached hydrogens (tertiary/aromatic N) is 2. The molecule has 3 heterocycles. The van der Waals surface area contributed by atoms with Gasteiger partial charge in [0, 0.05) is 31.1 Å². The van der Waals surface area contributed by atoms with Gasteiger partial charge in [-0.1, -0.05) is 30.5 Å². The second-order valence-electron chi connectivity index (χ2n) is 7.46. The molecule has 0 bridgehead atoms. The lowest BCUT2D eigenvalue weighted by Gasteiger charge is -2.35. The molecule has 27 heavy (non-hydrogen) atoms. The molecule has 1 aliphatic heterocycles. The van der Waals surface area contributed by atoms with Crippen molar-refractivity contribution in [2.75, 3.05) is 13.1 Å². The largest absolute Gasteiger partial charge is 0.355 e. The number of likely N-dealkylation sites (tertiary alicyclic amines) is 1. The van der Waals surface area contributed by atoms with E-state index in [2.05, 4.69) is 10.5 Å². The maximum atomic E-state index is 12.6. The van der Waals surface area contributed by atoms with Crippen LogP contribution in [-0.2, 0) is 4.79 Å². The fourth-order valence-electron chi connectivity index (χ4n) is 4.03. The van der Waals surface area contributed by atoms with Crippen LogP contribution >= 0.6 is 11.3 Å². The Hall–Kier alpha value is -2.15. The van der Waals surface area contributed by atoms with Crippen molar-refractivity contribution in [2.24, 2.45) is 5.92 Å². The van der Waals surface area contributed by atoms with E-state index < -0.39 is 0 Å². The highest BCUT2D eigenvalue weighted by molar-refractivity contribution is 7.13. The summed E-state index contributed by atoms with van der Waals surface area (Å²) in [4.78, 5) is 28.0. The number of rotatable bonds is 4. The smallest absolute Gasteiger partial charge is 0.273 e. The second-order valence-corrected chi connectivity index (χ2v) is 8.41. The monoisotopic (exact) mass is 387 g/mol. The van der Waals surface area contributed by atoms with Crippen LogP contribution in [0.15, 0.2) is 28.1 Å². The molecule has 2 aromatic heterocycles. The van der Waals surface area contributed by atoms with E-state index in [0.29, 0.717) is 17.4 Å². The highest BCUT2D eigenvalue weighted by atomic mass is 32.1. The van der Waals surface area contributed by atoms with Gasteiger partial charge in [0.1, 0.15) is 0 Å². The van der Waals surface area contributed by atoms with Gasteiger partial charge in [-0.25, -0.2) is 0 Å². The number of hydrogen-bond donors (Lipinski definition) is 1. The van der Waals surface area contributed by atoms with Crippen molar-refractivity contribution in [1.82, 2.24) is 15.4 Å². The van der Waals surface area contributed by atoms with Gasteiger partial charge >= 0.3 is 0 Å². The Morgan fingerprint density at radius 2 is 1.93 bits per heavy atom. The first kappa shape index (κ1) is 18.2. The van der Waals surface area contributed by atoms with Crippen LogP contribution in [0.4, 0.5) is 0 Å². The molecule has 1 N–H and O–H groups in total. The second kappa shape index (κ2) is 8.25. The standard InChI is InChI=1S/C20H25N3O3S/c24-19(16-13-17(26-22-16)18-7-4-12-27-18)21-15-8-10-23(11-9-15)20(25)14-5-2-1-3-6-14/h4,7,12-15H,1-3,5-6,8-11H2,(H,21,24). The van der Waals surface area contributed by atoms with Gasteiger partial charge in [0.05, 0.1) is 4.88 Å². The fourth-order valence-corrected chi connectivity index (χ4v) is 4.70. The summed E-state index contributed by atoms with van der Waals surface area (Å²) in [6.07, 6.45) is 7.26. The summed E-state index contributed by atoms with van der Waals surface area (Å²) in [5.74, 6) is 0.939. The van der Waals surface area contributed by atoms with Crippen LogP contribution in [-0.4, -0.2) is 41.0 Å². The number of nitrogens with one attached hydrogen (secondary N) is 1. The predicted octanol–water partition coefficient (Wildman–Crippen LogP) is 3.70. The summed E-state index contributed by atoms with van der Waals surface area (Å²) in [6, 6.07) is 5.63. The summed E-state index contributed by atoms with van der Waals surface area (Å²) < 4.78 is 5.28. The third-order valence-corrected chi connectivity index (χ3v) is 6.49. The van der Waals surface area contributed by atoms with Crippen molar-refractivity contribution < 1.29 is 14.1 Å². The third kappa shape index (κ3) is 4.24. The molecule has 0 spiro atoms. The van der Waals surface area contributed by atoms with Gasteiger partial charge in [-0.05, 0) is 37.1 Å². The van der Waals surface area contributed by atoms with E-state index in [9.17, 15) is 9.59 Å². The molecule has 2 aliphatic rings. The van der Waals surface area contributed by atoms with E-state index >= 15 is 0 Å². The van der Waals surface area contributed by atoms with Gasteiger partial charge in [-0.2, -0.15) is 0 Å². The molecule has 6 nitrogen and oxygen atoms in total. The number of aromatic nitrogens is 1. The minimum atomic E-state index is -0.210. The lowest BCUT2D eigenvalue weighted by atomic mass is 9.87. The first-order valence-corrected chi connectivity index (χ1v) is 10.7. The van der Waals surface area contributed by atoms with Gasteiger partial charge in [0.2, 0.25) is 5.91 Å². The molecule has 2 amide bonds. The molecular formula is C20H25N3O3S. The van der Waals surface area contributed by atoms with E-state index in [1.807, 2.05) is 22.4 Å². The van der Waals surface area contributed by atoms with Crippen LogP contribution in [0, 0.1) is 5.92 Å². The van der Waals surface area contributed by atoms with Crippen molar-refractivity contribution in [3.8, 4) is 10.6 Å². The predicted molar refractivity (Wildman–Crippen MR) is 103 cm³/mol. The first-order valence-electron chi connectivity index (χ1n) is 9.81. The summed E-state index contributed by atoms with van der Waals surface area (Å²) in [5, 5.41) is 8.89. The Morgan fingerprint density at radius 1 is 1.15 bits per heavy atom. The van der Waals surface area contributed by atoms with Crippen LogP contribution < -0.4 is 5.32 Å². The lowest BCUT2D eigenvalue weighted by molar-refractivity contribution is -0.137. The molecule has 4 rings (SSSR count). The topological polar surface area (TPSA) is 75.4 Å². The van der Waals surface area contributed by atoms with Gasteiger partial charge in [-0.15, -0.1) is 11.3 Å². The quantitative estimate of drug-likeness (QED) is 0.868. The maximum absolute atomic E-state index is 12.6. The van der Waals surface area contributed by atoms with Crippen LogP contribution in [0.3, 0.4) is 0 Å². The van der Waals surface area contributed by atoms with Crippen molar-refractivity contribution in [2.45, 2.75) is 51.0 Å². The van der Waals surface area contributed by atoms with Crippen molar-refractivity contribution >= 4 is 23.2 Å². The van der Waals surface area contributed by atoms with Crippen LogP contribution in [0.5, 0.6) is 0 Å². The molecule has 1 saturated heterocycles. The number of carbonyl (C=O) groups is 2. The average Bonchev–Trinajstić information content (AvgIpc) is 3.40. The van der Waals surface area contributed by atoms with Crippen LogP contribution in [0.1, 0.15) is 55.4 Å². The average molecular weight is 388 g/mol. The van der Waals surface area contributed by atoms with Gasteiger partial charge in [0.15, 0.2) is 11.5 Å². The van der Waals surface area contributed by atoms with Gasteiger partial charge < -0.3 is 14.7 Å². The lowest BCUT2D eigenvalue weighted by Crippen LogP contribution is -2.48. The van der Waals surface area contributed by atoms with E-state index in [1.54, 1.807) is 17.4 Å². The number of hydrogen-bond acceptors (Lipinski definition) is 5. The number of piperidine rings is 1. The van der Waals surface area contributed by atoms with Crippen molar-refractivity contribution in [1.29, 1.82) is 0 Å². The molecule has 0 aromatic carbocycles. The summed E-state index contributed by atoms with van der Waals surface area (Å²) in [5.41, 5.74) is 0.305. The Labute approximate surface area is 162 Å². The van der Waals surface area contributed by atoms with E-state index in [4.69, 9.17) is 4.52 Å². The Balaban J connectivity index is 1.27. The molecule has 0 radical (unpaired) electrons. The molecular weight excluding hydrogens is 362 g/mol. The van der Waals surface area contributed by atoms with E-state index in [1.165, 1.54) is 19.3 Å². The summed E-state index contributed by atoms with van der Waals surface area (Å²) in [7, 11) is 0. The maximum Gasteiger partial charge on any atom is 0.273 e. The zero-order chi connectivity index (χ0) is 18.6. The molecule has 1 saturated carbocycles. The normalized spacial score (nSPS) is 19.2. The van der Waals surface area contributed by atoms with Crippen LogP contribution in [0.2, 0.25) is 0 Å². The molecule has 0 unspecified atom stereocenters. The molecule has 0 atom stereocenters. The highest BCUT2D eigenvalue weighted by Gasteiger charge is 2.30. The van der Waals surface area contributed by atoms with Gasteiger partial charge in [-0.3, -0.25) is 9.59 Å². The molecule has 2 fully saturated rings. The minimum absolute atomic E-state index is 0.0785. The van der Waals surface area contributed by atoms with Crippen LogP contribution in [0.25, 0.3) is 10.6 Å². The van der Waals surface area contributed by atoms with E-state index in [-0.39, 0.29) is 17.9 Å². The molecule has 2 aromatic rings. The SMILES string of the molecule is O=C(NC1CCN(C(=O)C2CCCCC2)CC1)c1cc(-c2cccs2)on1. The van der Waals surface area contributed by atoms with E-state index in [0.717, 1.165) is 43.6 Å². The van der Waals surface area contributed by atoms with Crippen molar-refractivity contribution in [3.05, 3.63) is 29.3 Å². The molecule has 144 valence electrons.